The number of likely N-dealkylation sites (tertiary alicyclic amines) is 1. The second kappa shape index (κ2) is 3.81. The van der Waals surface area contributed by atoms with Gasteiger partial charge in [0.15, 0.2) is 0 Å². The summed E-state index contributed by atoms with van der Waals surface area (Å²) in [5.74, 6) is 0.640. The standard InChI is InChI=1S/C10H16BrNO2/c11-5-8-4-9(13)12(6-8)7-10(14)2-1-3-10/h8,14H,1-7H2. The Morgan fingerprint density at radius 1 is 1.57 bits per heavy atom. The van der Waals surface area contributed by atoms with Gasteiger partial charge in [-0.25, -0.2) is 0 Å². The molecule has 0 bridgehead atoms. The van der Waals surface area contributed by atoms with Crippen molar-refractivity contribution in [2.75, 3.05) is 18.4 Å². The van der Waals surface area contributed by atoms with Crippen molar-refractivity contribution < 1.29 is 9.90 Å². The molecule has 4 heteroatoms. The quantitative estimate of drug-likeness (QED) is 0.775. The second-order valence-electron chi connectivity index (χ2n) is 4.58. The van der Waals surface area contributed by atoms with Gasteiger partial charge in [-0.15, -0.1) is 0 Å². The van der Waals surface area contributed by atoms with Crippen molar-refractivity contribution >= 4 is 21.8 Å². The van der Waals surface area contributed by atoms with E-state index in [1.807, 2.05) is 4.90 Å². The molecular formula is C10H16BrNO2. The van der Waals surface area contributed by atoms with Crippen molar-refractivity contribution in [3.05, 3.63) is 0 Å². The van der Waals surface area contributed by atoms with Gasteiger partial charge in [-0.05, 0) is 25.2 Å². The number of β-amino-alcohol motifs (C(OH)–C–C–N with tert-alkyl or cyclic N) is 1. The Morgan fingerprint density at radius 3 is 2.71 bits per heavy atom. The maximum atomic E-state index is 11.6. The first kappa shape index (κ1) is 10.4. The number of rotatable bonds is 3. The molecule has 1 heterocycles. The lowest BCUT2D eigenvalue weighted by atomic mass is 9.80. The average Bonchev–Trinajstić information content (AvgIpc) is 2.45. The fraction of sp³-hybridized carbons (Fsp3) is 0.900. The van der Waals surface area contributed by atoms with Gasteiger partial charge in [0.2, 0.25) is 5.91 Å². The zero-order valence-electron chi connectivity index (χ0n) is 8.21. The van der Waals surface area contributed by atoms with Crippen LogP contribution in [-0.4, -0.2) is 39.9 Å². The SMILES string of the molecule is O=C1CC(CBr)CN1CC1(O)CCC1. The number of carbonyl (C=O) groups excluding carboxylic acids is 1. The molecule has 1 N–H and O–H groups in total. The molecule has 1 aliphatic heterocycles. The van der Waals surface area contributed by atoms with Gasteiger partial charge in [0.25, 0.3) is 0 Å². The molecule has 1 unspecified atom stereocenters. The van der Waals surface area contributed by atoms with Crippen LogP contribution in [-0.2, 0) is 4.79 Å². The lowest BCUT2D eigenvalue weighted by molar-refractivity contribution is -0.133. The first-order valence-electron chi connectivity index (χ1n) is 5.19. The van der Waals surface area contributed by atoms with Crippen LogP contribution in [0, 0.1) is 5.92 Å². The fourth-order valence-electron chi connectivity index (χ4n) is 2.21. The summed E-state index contributed by atoms with van der Waals surface area (Å²) in [6.07, 6.45) is 3.45. The molecule has 14 heavy (non-hydrogen) atoms. The predicted octanol–water partition coefficient (Wildman–Crippen LogP) is 1.14. The van der Waals surface area contributed by atoms with Crippen LogP contribution in [0.25, 0.3) is 0 Å². The summed E-state index contributed by atoms with van der Waals surface area (Å²) in [4.78, 5) is 13.4. The van der Waals surface area contributed by atoms with Crippen molar-refractivity contribution in [1.29, 1.82) is 0 Å². The molecular weight excluding hydrogens is 246 g/mol. The normalized spacial score (nSPS) is 30.6. The van der Waals surface area contributed by atoms with Crippen LogP contribution < -0.4 is 0 Å². The number of aliphatic hydroxyl groups is 1. The summed E-state index contributed by atoms with van der Waals surface area (Å²) in [5.41, 5.74) is -0.559. The second-order valence-corrected chi connectivity index (χ2v) is 5.22. The minimum Gasteiger partial charge on any atom is -0.388 e. The number of halogens is 1. The van der Waals surface area contributed by atoms with E-state index in [-0.39, 0.29) is 5.91 Å². The van der Waals surface area contributed by atoms with E-state index < -0.39 is 5.60 Å². The Labute approximate surface area is 92.6 Å². The van der Waals surface area contributed by atoms with Gasteiger partial charge in [-0.3, -0.25) is 4.79 Å². The summed E-state index contributed by atoms with van der Waals surface area (Å²) >= 11 is 3.40. The van der Waals surface area contributed by atoms with E-state index in [1.54, 1.807) is 0 Å². The Bertz CT molecular complexity index is 240. The number of hydrogen-bond acceptors (Lipinski definition) is 2. The molecule has 80 valence electrons. The van der Waals surface area contributed by atoms with Crippen LogP contribution in [0.1, 0.15) is 25.7 Å². The number of hydrogen-bond donors (Lipinski definition) is 1. The van der Waals surface area contributed by atoms with E-state index >= 15 is 0 Å². The third-order valence-corrected chi connectivity index (χ3v) is 4.20. The van der Waals surface area contributed by atoms with E-state index in [0.29, 0.717) is 18.9 Å². The van der Waals surface area contributed by atoms with Crippen LogP contribution in [0.3, 0.4) is 0 Å². The van der Waals surface area contributed by atoms with Gasteiger partial charge in [0.1, 0.15) is 0 Å². The monoisotopic (exact) mass is 261 g/mol. The van der Waals surface area contributed by atoms with E-state index in [0.717, 1.165) is 31.1 Å². The minimum atomic E-state index is -0.559. The van der Waals surface area contributed by atoms with Gasteiger partial charge < -0.3 is 10.0 Å². The van der Waals surface area contributed by atoms with Gasteiger partial charge in [0.05, 0.1) is 5.60 Å². The van der Waals surface area contributed by atoms with E-state index in [2.05, 4.69) is 15.9 Å². The van der Waals surface area contributed by atoms with Gasteiger partial charge in [-0.2, -0.15) is 0 Å². The summed E-state index contributed by atoms with van der Waals surface area (Å²) in [5, 5.41) is 10.8. The zero-order valence-corrected chi connectivity index (χ0v) is 9.79. The fourth-order valence-corrected chi connectivity index (χ4v) is 2.64. The molecule has 2 rings (SSSR count). The van der Waals surface area contributed by atoms with E-state index in [4.69, 9.17) is 0 Å². The Morgan fingerprint density at radius 2 is 2.29 bits per heavy atom. The molecule has 1 saturated heterocycles. The molecule has 2 aliphatic rings. The molecule has 1 amide bonds. The molecule has 0 aromatic carbocycles. The summed E-state index contributed by atoms with van der Waals surface area (Å²) in [7, 11) is 0. The molecule has 1 atom stereocenters. The van der Waals surface area contributed by atoms with Crippen LogP contribution in [0.2, 0.25) is 0 Å². The van der Waals surface area contributed by atoms with Crippen molar-refractivity contribution in [2.45, 2.75) is 31.3 Å². The number of nitrogens with zero attached hydrogens (tertiary/aromatic N) is 1. The van der Waals surface area contributed by atoms with E-state index in [1.165, 1.54) is 0 Å². The van der Waals surface area contributed by atoms with Crippen LogP contribution in [0.4, 0.5) is 0 Å². The molecule has 0 aromatic heterocycles. The van der Waals surface area contributed by atoms with Gasteiger partial charge in [0, 0.05) is 24.8 Å². The Hall–Kier alpha value is -0.0900. The number of carbonyl (C=O) groups is 1. The van der Waals surface area contributed by atoms with Gasteiger partial charge in [-0.1, -0.05) is 15.9 Å². The average molecular weight is 262 g/mol. The predicted molar refractivity (Wildman–Crippen MR) is 57.3 cm³/mol. The third-order valence-electron chi connectivity index (χ3n) is 3.28. The molecule has 0 aromatic rings. The van der Waals surface area contributed by atoms with Crippen LogP contribution in [0.5, 0.6) is 0 Å². The van der Waals surface area contributed by atoms with Crippen molar-refractivity contribution in [3.63, 3.8) is 0 Å². The summed E-state index contributed by atoms with van der Waals surface area (Å²) < 4.78 is 0. The molecule has 1 aliphatic carbocycles. The highest BCUT2D eigenvalue weighted by molar-refractivity contribution is 9.09. The van der Waals surface area contributed by atoms with Crippen molar-refractivity contribution in [1.82, 2.24) is 4.90 Å². The van der Waals surface area contributed by atoms with Crippen molar-refractivity contribution in [2.24, 2.45) is 5.92 Å². The summed E-state index contributed by atoms with van der Waals surface area (Å²) in [6, 6.07) is 0. The first-order valence-corrected chi connectivity index (χ1v) is 6.31. The molecule has 0 spiro atoms. The molecule has 1 saturated carbocycles. The third kappa shape index (κ3) is 1.96. The maximum absolute atomic E-state index is 11.6. The molecule has 3 nitrogen and oxygen atoms in total. The first-order chi connectivity index (χ1) is 6.63. The van der Waals surface area contributed by atoms with E-state index in [9.17, 15) is 9.90 Å². The highest BCUT2D eigenvalue weighted by Gasteiger charge is 2.40. The maximum Gasteiger partial charge on any atom is 0.223 e. The Kier molecular flexibility index (Phi) is 2.84. The number of alkyl halides is 1. The van der Waals surface area contributed by atoms with Crippen LogP contribution >= 0.6 is 15.9 Å². The molecule has 2 fully saturated rings. The number of amides is 1. The smallest absolute Gasteiger partial charge is 0.223 e. The minimum absolute atomic E-state index is 0.203. The largest absolute Gasteiger partial charge is 0.388 e. The zero-order chi connectivity index (χ0) is 10.2. The highest BCUT2D eigenvalue weighted by atomic mass is 79.9. The lowest BCUT2D eigenvalue weighted by Crippen LogP contribution is -2.48. The Balaban J connectivity index is 1.89. The summed E-state index contributed by atoms with van der Waals surface area (Å²) in [6.45, 7) is 1.36. The topological polar surface area (TPSA) is 40.5 Å². The van der Waals surface area contributed by atoms with Gasteiger partial charge >= 0.3 is 0 Å². The van der Waals surface area contributed by atoms with Crippen LogP contribution in [0.15, 0.2) is 0 Å². The molecule has 0 radical (unpaired) electrons. The van der Waals surface area contributed by atoms with Crippen molar-refractivity contribution in [3.8, 4) is 0 Å². The lowest BCUT2D eigenvalue weighted by Gasteiger charge is -2.39. The highest BCUT2D eigenvalue weighted by Crippen LogP contribution is 2.34.